The highest BCUT2D eigenvalue weighted by atomic mass is 35.5. The number of hydrogen-bond acceptors (Lipinski definition) is 6. The summed E-state index contributed by atoms with van der Waals surface area (Å²) in [6.07, 6.45) is 1.65. The van der Waals surface area contributed by atoms with Crippen molar-refractivity contribution in [2.24, 2.45) is 0 Å². The summed E-state index contributed by atoms with van der Waals surface area (Å²) < 4.78 is 11.7. The van der Waals surface area contributed by atoms with E-state index in [0.717, 1.165) is 22.2 Å². The lowest BCUT2D eigenvalue weighted by atomic mass is 10.1. The molecule has 0 atom stereocenters. The summed E-state index contributed by atoms with van der Waals surface area (Å²) >= 11 is 6.80. The summed E-state index contributed by atoms with van der Waals surface area (Å²) in [5.41, 5.74) is 2.67. The average Bonchev–Trinajstić information content (AvgIpc) is 3.12. The van der Waals surface area contributed by atoms with Crippen LogP contribution in [0.2, 0.25) is 5.02 Å². The van der Waals surface area contributed by atoms with E-state index in [4.69, 9.17) is 21.1 Å². The molecule has 0 spiro atoms. The molecular weight excluding hydrogens is 500 g/mol. The first-order chi connectivity index (χ1) is 17.3. The number of halogens is 1. The SMILES string of the molecule is CCOc1cc(/C=C2\SC(=O)N(c3ccc(NC(C)=O)cc3)C2=O)ccc1OCc1ccc(Cl)cc1. The maximum Gasteiger partial charge on any atom is 0.298 e. The van der Waals surface area contributed by atoms with Crippen molar-refractivity contribution < 1.29 is 23.9 Å². The van der Waals surface area contributed by atoms with Crippen LogP contribution in [0.15, 0.2) is 71.6 Å². The zero-order chi connectivity index (χ0) is 25.7. The molecule has 3 amide bonds. The minimum absolute atomic E-state index is 0.204. The predicted molar refractivity (Wildman–Crippen MR) is 143 cm³/mol. The molecule has 0 bridgehead atoms. The number of thioether (sulfide) groups is 1. The molecule has 0 aliphatic carbocycles. The van der Waals surface area contributed by atoms with E-state index in [-0.39, 0.29) is 5.91 Å². The molecule has 7 nitrogen and oxygen atoms in total. The van der Waals surface area contributed by atoms with Crippen LogP contribution in [0.1, 0.15) is 25.0 Å². The maximum absolute atomic E-state index is 13.0. The first kappa shape index (κ1) is 25.3. The number of rotatable bonds is 8. The molecular formula is C27H23ClN2O5S. The number of amides is 3. The van der Waals surface area contributed by atoms with E-state index in [0.29, 0.717) is 51.6 Å². The second-order valence-electron chi connectivity index (χ2n) is 7.80. The third-order valence-corrected chi connectivity index (χ3v) is 6.23. The fourth-order valence-electron chi connectivity index (χ4n) is 3.48. The van der Waals surface area contributed by atoms with Gasteiger partial charge in [-0.05, 0) is 84.4 Å². The Hall–Kier alpha value is -3.75. The van der Waals surface area contributed by atoms with Crippen molar-refractivity contribution in [3.8, 4) is 11.5 Å². The van der Waals surface area contributed by atoms with Crippen molar-refractivity contribution >= 4 is 57.9 Å². The molecule has 4 rings (SSSR count). The topological polar surface area (TPSA) is 84.9 Å². The molecule has 0 radical (unpaired) electrons. The minimum Gasteiger partial charge on any atom is -0.490 e. The Morgan fingerprint density at radius 1 is 1.00 bits per heavy atom. The average molecular weight is 523 g/mol. The fourth-order valence-corrected chi connectivity index (χ4v) is 4.45. The molecule has 1 N–H and O–H groups in total. The van der Waals surface area contributed by atoms with E-state index in [9.17, 15) is 14.4 Å². The van der Waals surface area contributed by atoms with E-state index < -0.39 is 11.1 Å². The lowest BCUT2D eigenvalue weighted by molar-refractivity contribution is -0.114. The Morgan fingerprint density at radius 3 is 2.39 bits per heavy atom. The normalized spacial score (nSPS) is 14.3. The van der Waals surface area contributed by atoms with Gasteiger partial charge in [0.1, 0.15) is 6.61 Å². The van der Waals surface area contributed by atoms with Crippen LogP contribution in [0.5, 0.6) is 11.5 Å². The van der Waals surface area contributed by atoms with Crippen molar-refractivity contribution in [3.05, 3.63) is 87.8 Å². The van der Waals surface area contributed by atoms with Gasteiger partial charge in [0, 0.05) is 17.6 Å². The number of ether oxygens (including phenoxy) is 2. The van der Waals surface area contributed by atoms with Crippen molar-refractivity contribution in [3.63, 3.8) is 0 Å². The Labute approximate surface area is 218 Å². The highest BCUT2D eigenvalue weighted by Gasteiger charge is 2.36. The van der Waals surface area contributed by atoms with Gasteiger partial charge in [0.25, 0.3) is 11.1 Å². The number of nitrogens with zero attached hydrogens (tertiary/aromatic N) is 1. The fraction of sp³-hybridized carbons (Fsp3) is 0.148. The van der Waals surface area contributed by atoms with Crippen molar-refractivity contribution in [1.29, 1.82) is 0 Å². The third-order valence-electron chi connectivity index (χ3n) is 5.11. The highest BCUT2D eigenvalue weighted by Crippen LogP contribution is 2.37. The van der Waals surface area contributed by atoms with Crippen LogP contribution in [-0.2, 0) is 16.2 Å². The van der Waals surface area contributed by atoms with Gasteiger partial charge < -0.3 is 14.8 Å². The van der Waals surface area contributed by atoms with Gasteiger partial charge in [-0.2, -0.15) is 0 Å². The summed E-state index contributed by atoms with van der Waals surface area (Å²) in [4.78, 5) is 38.3. The van der Waals surface area contributed by atoms with Gasteiger partial charge in [-0.15, -0.1) is 0 Å². The standard InChI is InChI=1S/C27H23ClN2O5S/c1-3-34-24-14-19(6-13-23(24)35-16-18-4-7-20(28)8-5-18)15-25-26(32)30(27(33)36-25)22-11-9-21(10-12-22)29-17(2)31/h4-15H,3,16H2,1-2H3,(H,29,31)/b25-15-. The number of anilines is 2. The van der Waals surface area contributed by atoms with E-state index >= 15 is 0 Å². The number of nitrogens with one attached hydrogen (secondary N) is 1. The molecule has 1 aliphatic heterocycles. The Balaban J connectivity index is 1.51. The van der Waals surface area contributed by atoms with E-state index in [1.807, 2.05) is 19.1 Å². The van der Waals surface area contributed by atoms with Gasteiger partial charge in [0.05, 0.1) is 17.2 Å². The van der Waals surface area contributed by atoms with Crippen molar-refractivity contribution in [1.82, 2.24) is 0 Å². The summed E-state index contributed by atoms with van der Waals surface area (Å²) in [5, 5.41) is 2.92. The van der Waals surface area contributed by atoms with Crippen LogP contribution in [0.3, 0.4) is 0 Å². The lowest BCUT2D eigenvalue weighted by Crippen LogP contribution is -2.27. The zero-order valence-corrected chi connectivity index (χ0v) is 21.2. The quantitative estimate of drug-likeness (QED) is 0.339. The summed E-state index contributed by atoms with van der Waals surface area (Å²) in [6, 6.07) is 19.2. The molecule has 1 fully saturated rings. The minimum atomic E-state index is -0.418. The van der Waals surface area contributed by atoms with E-state index in [1.165, 1.54) is 6.92 Å². The molecule has 3 aromatic rings. The predicted octanol–water partition coefficient (Wildman–Crippen LogP) is 6.52. The smallest absolute Gasteiger partial charge is 0.298 e. The molecule has 1 aliphatic rings. The Kier molecular flexibility index (Phi) is 7.97. The largest absolute Gasteiger partial charge is 0.490 e. The van der Waals surface area contributed by atoms with Gasteiger partial charge in [-0.1, -0.05) is 29.8 Å². The van der Waals surface area contributed by atoms with Crippen molar-refractivity contribution in [2.45, 2.75) is 20.5 Å². The van der Waals surface area contributed by atoms with Gasteiger partial charge in [0.2, 0.25) is 5.91 Å². The molecule has 0 saturated carbocycles. The Bertz CT molecular complexity index is 1320. The zero-order valence-electron chi connectivity index (χ0n) is 19.6. The Morgan fingerprint density at radius 2 is 1.72 bits per heavy atom. The number of imide groups is 1. The molecule has 0 unspecified atom stereocenters. The molecule has 1 heterocycles. The highest BCUT2D eigenvalue weighted by molar-refractivity contribution is 8.19. The first-order valence-corrected chi connectivity index (χ1v) is 12.3. The molecule has 3 aromatic carbocycles. The number of benzene rings is 3. The van der Waals surface area contributed by atoms with E-state index in [2.05, 4.69) is 5.32 Å². The van der Waals surface area contributed by atoms with Crippen LogP contribution in [0.25, 0.3) is 6.08 Å². The summed E-state index contributed by atoms with van der Waals surface area (Å²) in [7, 11) is 0. The third kappa shape index (κ3) is 6.08. The van der Waals surface area contributed by atoms with E-state index in [1.54, 1.807) is 60.7 Å². The molecule has 36 heavy (non-hydrogen) atoms. The second-order valence-corrected chi connectivity index (χ2v) is 9.23. The lowest BCUT2D eigenvalue weighted by Gasteiger charge is -2.13. The molecule has 184 valence electrons. The van der Waals surface area contributed by atoms with Crippen LogP contribution in [0.4, 0.5) is 16.2 Å². The first-order valence-electron chi connectivity index (χ1n) is 11.1. The monoisotopic (exact) mass is 522 g/mol. The molecule has 1 saturated heterocycles. The molecule has 0 aromatic heterocycles. The van der Waals surface area contributed by atoms with Gasteiger partial charge in [-0.25, -0.2) is 4.90 Å². The summed E-state index contributed by atoms with van der Waals surface area (Å²) in [5.74, 6) is 0.479. The van der Waals surface area contributed by atoms with Gasteiger partial charge in [0.15, 0.2) is 11.5 Å². The van der Waals surface area contributed by atoms with Gasteiger partial charge >= 0.3 is 0 Å². The summed E-state index contributed by atoms with van der Waals surface area (Å²) in [6.45, 7) is 4.06. The van der Waals surface area contributed by atoms with Crippen LogP contribution in [-0.4, -0.2) is 23.7 Å². The number of carbonyl (C=O) groups is 3. The van der Waals surface area contributed by atoms with Crippen LogP contribution < -0.4 is 19.7 Å². The molecule has 9 heteroatoms. The number of carbonyl (C=O) groups excluding carboxylic acids is 3. The van der Waals surface area contributed by atoms with Crippen LogP contribution in [0, 0.1) is 0 Å². The van der Waals surface area contributed by atoms with Crippen LogP contribution >= 0.6 is 23.4 Å². The maximum atomic E-state index is 13.0. The van der Waals surface area contributed by atoms with Gasteiger partial charge in [-0.3, -0.25) is 14.4 Å². The number of hydrogen-bond donors (Lipinski definition) is 1. The second kappa shape index (κ2) is 11.3. The van der Waals surface area contributed by atoms with Crippen molar-refractivity contribution in [2.75, 3.05) is 16.8 Å².